The van der Waals surface area contributed by atoms with Gasteiger partial charge in [-0.15, -0.1) is 12.4 Å². The second-order valence-corrected chi connectivity index (χ2v) is 2.67. The first-order valence-corrected chi connectivity index (χ1v) is 3.61. The fourth-order valence-electron chi connectivity index (χ4n) is 0.794. The van der Waals surface area contributed by atoms with Gasteiger partial charge in [-0.25, -0.2) is 0 Å². The molecular weight excluding hydrogens is 196 g/mol. The molecule has 0 rings (SSSR count). The standard InChI is InChI=1S/C7H14N2O3.ClH/c1-4(7(11)12-2)3-5(8)6(9)10;/h4-5H,3,8H2,1-2H3,(H2,9,10);1H. The second-order valence-electron chi connectivity index (χ2n) is 2.67. The Morgan fingerprint density at radius 2 is 1.92 bits per heavy atom. The number of esters is 1. The van der Waals surface area contributed by atoms with Gasteiger partial charge in [-0.1, -0.05) is 6.92 Å². The predicted molar refractivity (Wildman–Crippen MR) is 50.2 cm³/mol. The minimum absolute atomic E-state index is 0. The van der Waals surface area contributed by atoms with Crippen molar-refractivity contribution in [2.45, 2.75) is 19.4 Å². The van der Waals surface area contributed by atoms with Crippen molar-refractivity contribution in [2.24, 2.45) is 17.4 Å². The molecule has 13 heavy (non-hydrogen) atoms. The van der Waals surface area contributed by atoms with E-state index in [0.717, 1.165) is 0 Å². The molecule has 0 aromatic rings. The van der Waals surface area contributed by atoms with Crippen LogP contribution in [0.15, 0.2) is 0 Å². The molecule has 0 aliphatic heterocycles. The van der Waals surface area contributed by atoms with Gasteiger partial charge in [-0.2, -0.15) is 0 Å². The maximum absolute atomic E-state index is 10.8. The topological polar surface area (TPSA) is 95.4 Å². The first-order valence-electron chi connectivity index (χ1n) is 3.61. The monoisotopic (exact) mass is 210 g/mol. The molecule has 0 spiro atoms. The van der Waals surface area contributed by atoms with Crippen molar-refractivity contribution >= 4 is 24.3 Å². The molecule has 0 radical (unpaired) electrons. The smallest absolute Gasteiger partial charge is 0.308 e. The van der Waals surface area contributed by atoms with Crippen LogP contribution in [0.5, 0.6) is 0 Å². The van der Waals surface area contributed by atoms with Gasteiger partial charge in [-0.3, -0.25) is 9.59 Å². The van der Waals surface area contributed by atoms with E-state index >= 15 is 0 Å². The van der Waals surface area contributed by atoms with Crippen LogP contribution in [0.3, 0.4) is 0 Å². The number of rotatable bonds is 4. The number of amides is 1. The van der Waals surface area contributed by atoms with Gasteiger partial charge in [0.1, 0.15) is 0 Å². The van der Waals surface area contributed by atoms with Gasteiger partial charge < -0.3 is 16.2 Å². The Morgan fingerprint density at radius 3 is 2.23 bits per heavy atom. The highest BCUT2D eigenvalue weighted by Gasteiger charge is 2.19. The number of carbonyl (C=O) groups is 2. The van der Waals surface area contributed by atoms with Gasteiger partial charge in [0.05, 0.1) is 19.1 Å². The fraction of sp³-hybridized carbons (Fsp3) is 0.714. The van der Waals surface area contributed by atoms with Crippen molar-refractivity contribution in [3.63, 3.8) is 0 Å². The van der Waals surface area contributed by atoms with Crippen LogP contribution in [-0.2, 0) is 14.3 Å². The molecule has 0 fully saturated rings. The summed E-state index contributed by atoms with van der Waals surface area (Å²) in [7, 11) is 1.29. The summed E-state index contributed by atoms with van der Waals surface area (Å²) in [6, 6.07) is -0.779. The van der Waals surface area contributed by atoms with Gasteiger partial charge >= 0.3 is 5.97 Å². The van der Waals surface area contributed by atoms with Crippen molar-refractivity contribution in [1.29, 1.82) is 0 Å². The van der Waals surface area contributed by atoms with E-state index in [2.05, 4.69) is 4.74 Å². The molecule has 2 atom stereocenters. The van der Waals surface area contributed by atoms with E-state index in [1.807, 2.05) is 0 Å². The number of hydrogen-bond acceptors (Lipinski definition) is 4. The third-order valence-corrected chi connectivity index (χ3v) is 1.58. The summed E-state index contributed by atoms with van der Waals surface area (Å²) >= 11 is 0. The minimum atomic E-state index is -0.779. The van der Waals surface area contributed by atoms with Gasteiger partial charge in [0.15, 0.2) is 0 Å². The molecule has 0 heterocycles. The zero-order chi connectivity index (χ0) is 9.72. The fourth-order valence-corrected chi connectivity index (χ4v) is 0.794. The number of halogens is 1. The Kier molecular flexibility index (Phi) is 7.55. The minimum Gasteiger partial charge on any atom is -0.469 e. The van der Waals surface area contributed by atoms with Crippen molar-refractivity contribution in [1.82, 2.24) is 0 Å². The van der Waals surface area contributed by atoms with Crippen LogP contribution < -0.4 is 11.5 Å². The average Bonchev–Trinajstić information content (AvgIpc) is 2.02. The summed E-state index contributed by atoms with van der Waals surface area (Å²) in [4.78, 5) is 21.3. The highest BCUT2D eigenvalue weighted by molar-refractivity contribution is 5.85. The van der Waals surface area contributed by atoms with Crippen LogP contribution in [-0.4, -0.2) is 25.0 Å². The highest BCUT2D eigenvalue weighted by atomic mass is 35.5. The number of methoxy groups -OCH3 is 1. The molecule has 0 saturated carbocycles. The molecule has 1 amide bonds. The SMILES string of the molecule is COC(=O)C(C)CC(N)C(N)=O.Cl. The molecule has 5 nitrogen and oxygen atoms in total. The maximum atomic E-state index is 10.8. The van der Waals surface area contributed by atoms with E-state index in [4.69, 9.17) is 11.5 Å². The molecule has 0 aromatic heterocycles. The average molecular weight is 211 g/mol. The number of hydrogen-bond donors (Lipinski definition) is 2. The van der Waals surface area contributed by atoms with Crippen molar-refractivity contribution in [2.75, 3.05) is 7.11 Å². The normalized spacial score (nSPS) is 13.8. The molecule has 4 N–H and O–H groups in total. The quantitative estimate of drug-likeness (QED) is 0.607. The van der Waals surface area contributed by atoms with E-state index in [-0.39, 0.29) is 24.8 Å². The Balaban J connectivity index is 0. The largest absolute Gasteiger partial charge is 0.469 e. The van der Waals surface area contributed by atoms with Crippen LogP contribution in [0.4, 0.5) is 0 Å². The van der Waals surface area contributed by atoms with E-state index in [0.29, 0.717) is 0 Å². The zero-order valence-corrected chi connectivity index (χ0v) is 8.47. The first kappa shape index (κ1) is 14.7. The van der Waals surface area contributed by atoms with Crippen molar-refractivity contribution in [3.8, 4) is 0 Å². The molecule has 78 valence electrons. The Labute approximate surface area is 83.2 Å². The van der Waals surface area contributed by atoms with E-state index in [1.165, 1.54) is 7.11 Å². The third-order valence-electron chi connectivity index (χ3n) is 1.58. The summed E-state index contributed by atoms with van der Waals surface area (Å²) in [5.41, 5.74) is 10.2. The molecule has 0 aliphatic rings. The summed E-state index contributed by atoms with van der Waals surface area (Å²) in [5, 5.41) is 0. The Hall–Kier alpha value is -0.810. The molecule has 2 unspecified atom stereocenters. The molecule has 0 aromatic carbocycles. The molecule has 0 bridgehead atoms. The Bertz CT molecular complexity index is 187. The molecule has 0 saturated heterocycles. The maximum Gasteiger partial charge on any atom is 0.308 e. The lowest BCUT2D eigenvalue weighted by molar-refractivity contribution is -0.145. The number of carbonyl (C=O) groups excluding carboxylic acids is 2. The number of ether oxygens (including phenoxy) is 1. The number of nitrogens with two attached hydrogens (primary N) is 2. The van der Waals surface area contributed by atoms with Crippen molar-refractivity contribution < 1.29 is 14.3 Å². The van der Waals surface area contributed by atoms with Crippen LogP contribution in [0, 0.1) is 5.92 Å². The summed E-state index contributed by atoms with van der Waals surface area (Å²) < 4.78 is 4.45. The molecule has 0 aliphatic carbocycles. The summed E-state index contributed by atoms with van der Waals surface area (Å²) in [6.07, 6.45) is 0.224. The Morgan fingerprint density at radius 1 is 1.46 bits per heavy atom. The predicted octanol–water partition coefficient (Wildman–Crippen LogP) is -0.580. The van der Waals surface area contributed by atoms with E-state index in [1.54, 1.807) is 6.92 Å². The lowest BCUT2D eigenvalue weighted by Crippen LogP contribution is -2.38. The van der Waals surface area contributed by atoms with Crippen LogP contribution in [0.25, 0.3) is 0 Å². The first-order chi connectivity index (χ1) is 5.49. The van der Waals surface area contributed by atoms with Gasteiger partial charge in [0.2, 0.25) is 5.91 Å². The number of primary amides is 1. The summed E-state index contributed by atoms with van der Waals surface area (Å²) in [6.45, 7) is 1.63. The van der Waals surface area contributed by atoms with Crippen LogP contribution in [0.1, 0.15) is 13.3 Å². The van der Waals surface area contributed by atoms with Crippen molar-refractivity contribution in [3.05, 3.63) is 0 Å². The zero-order valence-electron chi connectivity index (χ0n) is 7.65. The highest BCUT2D eigenvalue weighted by Crippen LogP contribution is 2.05. The van der Waals surface area contributed by atoms with Gasteiger partial charge in [-0.05, 0) is 6.42 Å². The molecule has 6 heteroatoms. The van der Waals surface area contributed by atoms with Crippen LogP contribution in [0.2, 0.25) is 0 Å². The lowest BCUT2D eigenvalue weighted by Gasteiger charge is -2.11. The summed E-state index contributed by atoms with van der Waals surface area (Å²) in [5.74, 6) is -1.38. The van der Waals surface area contributed by atoms with Crippen LogP contribution >= 0.6 is 12.4 Å². The van der Waals surface area contributed by atoms with Gasteiger partial charge in [0, 0.05) is 0 Å². The lowest BCUT2D eigenvalue weighted by atomic mass is 10.0. The second kappa shape index (κ2) is 6.68. The van der Waals surface area contributed by atoms with E-state index < -0.39 is 17.9 Å². The van der Waals surface area contributed by atoms with Gasteiger partial charge in [0.25, 0.3) is 0 Å². The van der Waals surface area contributed by atoms with E-state index in [9.17, 15) is 9.59 Å². The molecular formula is C7H15ClN2O3. The third kappa shape index (κ3) is 5.43.